The fourth-order valence-corrected chi connectivity index (χ4v) is 2.66. The molecular formula is C19H30N2O. The lowest BCUT2D eigenvalue weighted by Gasteiger charge is -2.06. The van der Waals surface area contributed by atoms with Crippen LogP contribution in [0.1, 0.15) is 77.5 Å². The third-order valence-corrected chi connectivity index (χ3v) is 4.05. The van der Waals surface area contributed by atoms with E-state index in [1.54, 1.807) is 0 Å². The number of ether oxygens (including phenoxy) is 1. The molecule has 0 spiro atoms. The van der Waals surface area contributed by atoms with Gasteiger partial charge in [-0.25, -0.2) is 4.98 Å². The second kappa shape index (κ2) is 8.82. The molecule has 0 saturated carbocycles. The molecule has 3 nitrogen and oxygen atoms in total. The standard InChI is InChI=1S/C19H30N2O/c1-4-5-6-7-8-9-10-14-22-17-13-11-12-16-18(17)21-19(20-16)15(2)3/h11-13,15H,4-10,14H2,1-3H3,(H,20,21). The Kier molecular flexibility index (Phi) is 6.75. The van der Waals surface area contributed by atoms with E-state index in [9.17, 15) is 0 Å². The lowest BCUT2D eigenvalue weighted by atomic mass is 10.1. The number of hydrogen-bond donors (Lipinski definition) is 1. The molecule has 0 saturated heterocycles. The largest absolute Gasteiger partial charge is 0.491 e. The number of fused-ring (bicyclic) bond motifs is 1. The number of benzene rings is 1. The van der Waals surface area contributed by atoms with Gasteiger partial charge in [-0.15, -0.1) is 0 Å². The fraction of sp³-hybridized carbons (Fsp3) is 0.632. The maximum Gasteiger partial charge on any atom is 0.147 e. The Morgan fingerprint density at radius 3 is 2.50 bits per heavy atom. The van der Waals surface area contributed by atoms with Crippen LogP contribution < -0.4 is 4.74 Å². The number of rotatable bonds is 10. The van der Waals surface area contributed by atoms with Gasteiger partial charge in [0.25, 0.3) is 0 Å². The molecule has 0 amide bonds. The van der Waals surface area contributed by atoms with E-state index in [1.807, 2.05) is 12.1 Å². The van der Waals surface area contributed by atoms with Crippen LogP contribution in [0.3, 0.4) is 0 Å². The number of imidazole rings is 1. The van der Waals surface area contributed by atoms with Crippen molar-refractivity contribution in [2.75, 3.05) is 6.61 Å². The van der Waals surface area contributed by atoms with Crippen molar-refractivity contribution in [2.45, 2.75) is 71.6 Å². The normalized spacial score (nSPS) is 11.5. The monoisotopic (exact) mass is 302 g/mol. The summed E-state index contributed by atoms with van der Waals surface area (Å²) in [5.41, 5.74) is 2.04. The van der Waals surface area contributed by atoms with Gasteiger partial charge in [-0.05, 0) is 18.6 Å². The minimum Gasteiger partial charge on any atom is -0.491 e. The lowest BCUT2D eigenvalue weighted by molar-refractivity contribution is 0.307. The molecule has 122 valence electrons. The highest BCUT2D eigenvalue weighted by atomic mass is 16.5. The summed E-state index contributed by atoms with van der Waals surface area (Å²) in [5.74, 6) is 2.34. The first-order valence-electron chi connectivity index (χ1n) is 8.83. The molecule has 22 heavy (non-hydrogen) atoms. The zero-order valence-corrected chi connectivity index (χ0v) is 14.3. The highest BCUT2D eigenvalue weighted by Crippen LogP contribution is 2.26. The highest BCUT2D eigenvalue weighted by Gasteiger charge is 2.10. The number of H-pyrrole nitrogens is 1. The van der Waals surface area contributed by atoms with E-state index in [0.29, 0.717) is 5.92 Å². The molecule has 0 unspecified atom stereocenters. The molecule has 1 aromatic heterocycles. The van der Waals surface area contributed by atoms with E-state index >= 15 is 0 Å². The number of aromatic nitrogens is 2. The van der Waals surface area contributed by atoms with Gasteiger partial charge in [0.1, 0.15) is 17.1 Å². The quantitative estimate of drug-likeness (QED) is 0.562. The Morgan fingerprint density at radius 2 is 1.77 bits per heavy atom. The van der Waals surface area contributed by atoms with E-state index in [2.05, 4.69) is 36.8 Å². The van der Waals surface area contributed by atoms with Crippen LogP contribution in [0.2, 0.25) is 0 Å². The van der Waals surface area contributed by atoms with Crippen molar-refractivity contribution < 1.29 is 4.74 Å². The Morgan fingerprint density at radius 1 is 1.05 bits per heavy atom. The van der Waals surface area contributed by atoms with E-state index in [1.165, 1.54) is 38.5 Å². The van der Waals surface area contributed by atoms with Crippen LogP contribution in [0, 0.1) is 0 Å². The van der Waals surface area contributed by atoms with Crippen LogP contribution in [0.4, 0.5) is 0 Å². The van der Waals surface area contributed by atoms with Crippen molar-refractivity contribution in [3.63, 3.8) is 0 Å². The average Bonchev–Trinajstić information content (AvgIpc) is 2.95. The molecule has 0 aliphatic carbocycles. The van der Waals surface area contributed by atoms with Crippen molar-refractivity contribution >= 4 is 11.0 Å². The minimum absolute atomic E-state index is 0.406. The molecule has 0 atom stereocenters. The molecule has 0 fully saturated rings. The second-order valence-corrected chi connectivity index (χ2v) is 6.40. The SMILES string of the molecule is CCCCCCCCCOc1cccc2[nH]c(C(C)C)nc12. The van der Waals surface area contributed by atoms with E-state index in [0.717, 1.165) is 35.6 Å². The van der Waals surface area contributed by atoms with Gasteiger partial charge >= 0.3 is 0 Å². The van der Waals surface area contributed by atoms with Gasteiger partial charge in [0.05, 0.1) is 12.1 Å². The maximum atomic E-state index is 5.96. The summed E-state index contributed by atoms with van der Waals surface area (Å²) in [7, 11) is 0. The first-order chi connectivity index (χ1) is 10.7. The van der Waals surface area contributed by atoms with Gasteiger partial charge in [0.2, 0.25) is 0 Å². The molecule has 0 aliphatic rings. The molecule has 0 radical (unpaired) electrons. The van der Waals surface area contributed by atoms with Crippen molar-refractivity contribution in [1.82, 2.24) is 9.97 Å². The summed E-state index contributed by atoms with van der Waals surface area (Å²) in [5, 5.41) is 0. The summed E-state index contributed by atoms with van der Waals surface area (Å²) >= 11 is 0. The summed E-state index contributed by atoms with van der Waals surface area (Å²) in [4.78, 5) is 8.05. The Balaban J connectivity index is 1.79. The number of aromatic amines is 1. The van der Waals surface area contributed by atoms with Gasteiger partial charge in [-0.1, -0.05) is 65.4 Å². The molecule has 1 N–H and O–H groups in total. The third kappa shape index (κ3) is 4.75. The van der Waals surface area contributed by atoms with Gasteiger partial charge in [-0.3, -0.25) is 0 Å². The first-order valence-corrected chi connectivity index (χ1v) is 8.83. The number of nitrogens with zero attached hydrogens (tertiary/aromatic N) is 1. The molecule has 0 aliphatic heterocycles. The van der Waals surface area contributed by atoms with Gasteiger partial charge in [0, 0.05) is 5.92 Å². The van der Waals surface area contributed by atoms with Gasteiger partial charge < -0.3 is 9.72 Å². The van der Waals surface area contributed by atoms with Crippen LogP contribution in [0.25, 0.3) is 11.0 Å². The molecule has 0 bridgehead atoms. The number of unbranched alkanes of at least 4 members (excludes halogenated alkanes) is 6. The number of nitrogens with one attached hydrogen (secondary N) is 1. The van der Waals surface area contributed by atoms with E-state index < -0.39 is 0 Å². The minimum atomic E-state index is 0.406. The lowest BCUT2D eigenvalue weighted by Crippen LogP contribution is -1.98. The predicted octanol–water partition coefficient (Wildman–Crippen LogP) is 5.82. The fourth-order valence-electron chi connectivity index (χ4n) is 2.66. The molecule has 3 heteroatoms. The van der Waals surface area contributed by atoms with Gasteiger partial charge in [0.15, 0.2) is 0 Å². The molecular weight excluding hydrogens is 272 g/mol. The Bertz CT molecular complexity index is 560. The first kappa shape index (κ1) is 16.9. The van der Waals surface area contributed by atoms with Crippen LogP contribution >= 0.6 is 0 Å². The highest BCUT2D eigenvalue weighted by molar-refractivity contribution is 5.81. The summed E-state index contributed by atoms with van der Waals surface area (Å²) < 4.78 is 5.96. The van der Waals surface area contributed by atoms with Crippen molar-refractivity contribution in [3.8, 4) is 5.75 Å². The smallest absolute Gasteiger partial charge is 0.147 e. The Hall–Kier alpha value is -1.51. The summed E-state index contributed by atoms with van der Waals surface area (Å²) in [6, 6.07) is 6.12. The average molecular weight is 302 g/mol. The number of para-hydroxylation sites is 1. The van der Waals surface area contributed by atoms with Crippen molar-refractivity contribution in [1.29, 1.82) is 0 Å². The van der Waals surface area contributed by atoms with Crippen LogP contribution in [0.15, 0.2) is 18.2 Å². The third-order valence-electron chi connectivity index (χ3n) is 4.05. The number of hydrogen-bond acceptors (Lipinski definition) is 2. The summed E-state index contributed by atoms with van der Waals surface area (Å²) in [6.45, 7) is 7.35. The van der Waals surface area contributed by atoms with Crippen molar-refractivity contribution in [2.24, 2.45) is 0 Å². The molecule has 1 aromatic carbocycles. The zero-order chi connectivity index (χ0) is 15.8. The Labute approximate surface area is 134 Å². The van der Waals surface area contributed by atoms with Crippen LogP contribution in [-0.2, 0) is 0 Å². The second-order valence-electron chi connectivity index (χ2n) is 6.40. The van der Waals surface area contributed by atoms with Gasteiger partial charge in [-0.2, -0.15) is 0 Å². The van der Waals surface area contributed by atoms with Crippen molar-refractivity contribution in [3.05, 3.63) is 24.0 Å². The zero-order valence-electron chi connectivity index (χ0n) is 14.3. The molecule has 2 aromatic rings. The topological polar surface area (TPSA) is 37.9 Å². The predicted molar refractivity (Wildman–Crippen MR) is 93.7 cm³/mol. The molecule has 2 rings (SSSR count). The van der Waals surface area contributed by atoms with E-state index in [-0.39, 0.29) is 0 Å². The maximum absolute atomic E-state index is 5.96. The summed E-state index contributed by atoms with van der Waals surface area (Å²) in [6.07, 6.45) is 9.14. The van der Waals surface area contributed by atoms with Crippen LogP contribution in [0.5, 0.6) is 5.75 Å². The van der Waals surface area contributed by atoms with Crippen LogP contribution in [-0.4, -0.2) is 16.6 Å². The molecule has 1 heterocycles. The van der Waals surface area contributed by atoms with E-state index in [4.69, 9.17) is 4.74 Å².